The highest BCUT2D eigenvalue weighted by molar-refractivity contribution is 5.95. The van der Waals surface area contributed by atoms with E-state index in [1.807, 2.05) is 0 Å². The summed E-state index contributed by atoms with van der Waals surface area (Å²) in [4.78, 5) is 70.7. The number of hydrogen-bond acceptors (Lipinski definition) is 7. The number of carboxylic acid groups (broad SMARTS) is 1. The third-order valence-corrected chi connectivity index (χ3v) is 4.15. The fourth-order valence-corrected chi connectivity index (χ4v) is 2.02. The molecule has 0 rings (SSSR count). The maximum Gasteiger partial charge on any atom is 0.325 e. The monoisotopic (exact) mass is 444 g/mol. The van der Waals surface area contributed by atoms with Gasteiger partial charge in [0.1, 0.15) is 30.2 Å². The van der Waals surface area contributed by atoms with Gasteiger partial charge in [-0.15, -0.1) is 0 Å². The van der Waals surface area contributed by atoms with Crippen LogP contribution in [0.1, 0.15) is 41.5 Å². The molecule has 0 aliphatic carbocycles. The Bertz CT molecular complexity index is 712. The molecule has 8 N–H and O–H groups in total. The minimum absolute atomic E-state index is 0.527. The number of amides is 5. The number of rotatable bonds is 11. The Kier molecular flexibility index (Phi) is 11.2. The van der Waals surface area contributed by atoms with Gasteiger partial charge in [0, 0.05) is 0 Å². The van der Waals surface area contributed by atoms with Gasteiger partial charge < -0.3 is 37.4 Å². The molecule has 0 fully saturated rings. The summed E-state index contributed by atoms with van der Waals surface area (Å²) in [5.74, 6) is -4.43. The molecule has 13 heteroatoms. The Balaban J connectivity index is 4.63. The first-order valence-corrected chi connectivity index (χ1v) is 9.67. The third kappa shape index (κ3) is 9.89. The second kappa shape index (κ2) is 12.5. The molecular weight excluding hydrogens is 412 g/mol. The summed E-state index contributed by atoms with van der Waals surface area (Å²) in [6.07, 6.45) is 0. The molecule has 176 valence electrons. The first-order valence-electron chi connectivity index (χ1n) is 9.67. The fourth-order valence-electron chi connectivity index (χ4n) is 2.02. The predicted octanol–water partition coefficient (Wildman–Crippen LogP) is -3.06. The number of carbonyl (C=O) groups excluding carboxylic acids is 5. The van der Waals surface area contributed by atoms with Crippen molar-refractivity contribution in [2.45, 2.75) is 77.8 Å². The van der Waals surface area contributed by atoms with Gasteiger partial charge in [0.2, 0.25) is 29.5 Å². The van der Waals surface area contributed by atoms with Crippen molar-refractivity contribution < 1.29 is 33.9 Å². The fraction of sp³-hybridized carbons (Fsp3) is 0.667. The Labute approximate surface area is 180 Å². The van der Waals surface area contributed by atoms with E-state index in [1.54, 1.807) is 0 Å². The number of aliphatic carboxylic acids is 1. The van der Waals surface area contributed by atoms with Crippen LogP contribution in [-0.4, -0.2) is 76.9 Å². The maximum atomic E-state index is 12.2. The Morgan fingerprint density at radius 3 is 0.968 bits per heavy atom. The van der Waals surface area contributed by atoms with E-state index in [1.165, 1.54) is 41.5 Å². The number of nitrogens with one attached hydrogen (secondary N) is 5. The average Bonchev–Trinajstić information content (AvgIpc) is 2.66. The van der Waals surface area contributed by atoms with Crippen LogP contribution in [0, 0.1) is 0 Å². The van der Waals surface area contributed by atoms with Gasteiger partial charge in [0.05, 0.1) is 6.04 Å². The molecule has 13 nitrogen and oxygen atoms in total. The lowest BCUT2D eigenvalue weighted by Gasteiger charge is -2.22. The Morgan fingerprint density at radius 1 is 0.516 bits per heavy atom. The minimum atomic E-state index is -1.23. The van der Waals surface area contributed by atoms with E-state index in [4.69, 9.17) is 10.8 Å². The molecular formula is C18H32N6O7. The predicted molar refractivity (Wildman–Crippen MR) is 109 cm³/mol. The molecule has 0 aromatic heterocycles. The van der Waals surface area contributed by atoms with Crippen molar-refractivity contribution in [2.24, 2.45) is 5.73 Å². The van der Waals surface area contributed by atoms with Gasteiger partial charge in [-0.1, -0.05) is 0 Å². The molecule has 5 amide bonds. The molecule has 0 bridgehead atoms. The van der Waals surface area contributed by atoms with Gasteiger partial charge in [-0.2, -0.15) is 0 Å². The van der Waals surface area contributed by atoms with Crippen molar-refractivity contribution >= 4 is 35.5 Å². The van der Waals surface area contributed by atoms with Gasteiger partial charge >= 0.3 is 5.97 Å². The van der Waals surface area contributed by atoms with Crippen LogP contribution >= 0.6 is 0 Å². The first-order chi connectivity index (χ1) is 14.2. The van der Waals surface area contributed by atoms with E-state index >= 15 is 0 Å². The third-order valence-electron chi connectivity index (χ3n) is 4.15. The highest BCUT2D eigenvalue weighted by atomic mass is 16.4. The number of hydrogen-bond donors (Lipinski definition) is 7. The van der Waals surface area contributed by atoms with Crippen LogP contribution in [0.5, 0.6) is 0 Å². The average molecular weight is 444 g/mol. The molecule has 0 aliphatic rings. The topological polar surface area (TPSA) is 209 Å². The summed E-state index contributed by atoms with van der Waals surface area (Å²) in [7, 11) is 0. The van der Waals surface area contributed by atoms with Gasteiger partial charge in [0.25, 0.3) is 0 Å². The van der Waals surface area contributed by atoms with E-state index in [0.717, 1.165) is 0 Å². The molecule has 0 aromatic carbocycles. The molecule has 0 heterocycles. The molecule has 0 saturated carbocycles. The van der Waals surface area contributed by atoms with Gasteiger partial charge in [-0.25, -0.2) is 0 Å². The second-order valence-electron chi connectivity index (χ2n) is 7.28. The van der Waals surface area contributed by atoms with E-state index in [-0.39, 0.29) is 0 Å². The number of carbonyl (C=O) groups is 6. The first kappa shape index (κ1) is 27.8. The lowest BCUT2D eigenvalue weighted by atomic mass is 10.2. The Morgan fingerprint density at radius 2 is 0.742 bits per heavy atom. The molecule has 0 saturated heterocycles. The van der Waals surface area contributed by atoms with Crippen molar-refractivity contribution in [1.29, 1.82) is 0 Å². The molecule has 0 aromatic rings. The summed E-state index contributed by atoms with van der Waals surface area (Å²) in [6, 6.07) is -5.97. The van der Waals surface area contributed by atoms with Crippen molar-refractivity contribution in [3.05, 3.63) is 0 Å². The van der Waals surface area contributed by atoms with E-state index < -0.39 is 71.8 Å². The van der Waals surface area contributed by atoms with Crippen molar-refractivity contribution in [2.75, 3.05) is 0 Å². The molecule has 0 spiro atoms. The normalized spacial score (nSPS) is 16.4. The summed E-state index contributed by atoms with van der Waals surface area (Å²) < 4.78 is 0. The van der Waals surface area contributed by atoms with Gasteiger partial charge in [-0.3, -0.25) is 28.8 Å². The molecule has 6 unspecified atom stereocenters. The van der Waals surface area contributed by atoms with Crippen LogP contribution < -0.4 is 32.3 Å². The zero-order chi connectivity index (χ0) is 24.5. The van der Waals surface area contributed by atoms with E-state index in [2.05, 4.69) is 26.6 Å². The van der Waals surface area contributed by atoms with Crippen LogP contribution in [0.3, 0.4) is 0 Å². The van der Waals surface area contributed by atoms with Crippen LogP contribution in [0.2, 0.25) is 0 Å². The quantitative estimate of drug-likeness (QED) is 0.173. The zero-order valence-corrected chi connectivity index (χ0v) is 18.4. The van der Waals surface area contributed by atoms with Crippen molar-refractivity contribution in [3.63, 3.8) is 0 Å². The number of nitrogens with two attached hydrogens (primary N) is 1. The highest BCUT2D eigenvalue weighted by Gasteiger charge is 2.26. The van der Waals surface area contributed by atoms with Crippen LogP contribution in [0.4, 0.5) is 0 Å². The number of carboxylic acids is 1. The van der Waals surface area contributed by atoms with Crippen LogP contribution in [-0.2, 0) is 28.8 Å². The summed E-state index contributed by atoms with van der Waals surface area (Å²) in [5, 5.41) is 20.5. The van der Waals surface area contributed by atoms with Crippen LogP contribution in [0.15, 0.2) is 0 Å². The van der Waals surface area contributed by atoms with Crippen molar-refractivity contribution in [1.82, 2.24) is 26.6 Å². The second-order valence-corrected chi connectivity index (χ2v) is 7.28. The highest BCUT2D eigenvalue weighted by Crippen LogP contribution is 1.93. The summed E-state index contributed by atoms with van der Waals surface area (Å²) in [6.45, 7) is 8.28. The molecule has 6 atom stereocenters. The summed E-state index contributed by atoms with van der Waals surface area (Å²) >= 11 is 0. The lowest BCUT2D eigenvalue weighted by molar-refractivity contribution is -0.141. The van der Waals surface area contributed by atoms with Gasteiger partial charge in [-0.05, 0) is 41.5 Å². The standard InChI is InChI=1S/C18H32N6O7/c1-7(19)13(25)20-8(2)14(26)21-9(3)15(27)22-10(4)16(28)23-11(5)17(29)24-12(6)18(30)31/h7-12H,19H2,1-6H3,(H,20,25)(H,21,26)(H,22,27)(H,23,28)(H,24,29)(H,30,31). The van der Waals surface area contributed by atoms with Crippen LogP contribution in [0.25, 0.3) is 0 Å². The van der Waals surface area contributed by atoms with Crippen molar-refractivity contribution in [3.8, 4) is 0 Å². The van der Waals surface area contributed by atoms with Gasteiger partial charge in [0.15, 0.2) is 0 Å². The SMILES string of the molecule is CC(N)C(=O)NC(C)C(=O)NC(C)C(=O)NC(C)C(=O)NC(C)C(=O)NC(C)C(=O)O. The maximum absolute atomic E-state index is 12.2. The lowest BCUT2D eigenvalue weighted by Crippen LogP contribution is -2.57. The summed E-state index contributed by atoms with van der Waals surface area (Å²) in [5.41, 5.74) is 5.41. The molecule has 31 heavy (non-hydrogen) atoms. The molecule has 0 radical (unpaired) electrons. The van der Waals surface area contributed by atoms with E-state index in [0.29, 0.717) is 0 Å². The molecule has 0 aliphatic heterocycles. The Hall–Kier alpha value is -3.22. The van der Waals surface area contributed by atoms with E-state index in [9.17, 15) is 28.8 Å². The largest absolute Gasteiger partial charge is 0.480 e. The minimum Gasteiger partial charge on any atom is -0.480 e. The smallest absolute Gasteiger partial charge is 0.325 e. The zero-order valence-electron chi connectivity index (χ0n) is 18.4.